The molecule has 9 rings (SSSR count). The van der Waals surface area contributed by atoms with Crippen LogP contribution in [0.15, 0.2) is 152 Å². The van der Waals surface area contributed by atoms with Gasteiger partial charge < -0.3 is 29.9 Å². The molecule has 2 aliphatic heterocycles. The number of carbonyl (C=O) groups is 6. The van der Waals surface area contributed by atoms with Gasteiger partial charge in [0.25, 0.3) is 0 Å². The molecule has 4 unspecified atom stereocenters. The van der Waals surface area contributed by atoms with Crippen LogP contribution in [0.3, 0.4) is 0 Å². The normalized spacial score (nSPS) is 16.6. The fourth-order valence-corrected chi connectivity index (χ4v) is 12.3. The number of ether oxygens (including phenoxy) is 2. The number of rotatable bonds is 23. The van der Waals surface area contributed by atoms with Gasteiger partial charge in [0, 0.05) is 81.8 Å². The number of Topliss-reactive ketones (excluding diaryl/α,β-unsaturated/α-hetero) is 2. The molecule has 0 bridgehead atoms. The molecule has 6 aromatic rings. The first-order chi connectivity index (χ1) is 40.9. The molecular formula is C71H86N6O8. The van der Waals surface area contributed by atoms with Gasteiger partial charge in [-0.2, -0.15) is 0 Å². The molecule has 0 fully saturated rings. The Labute approximate surface area is 503 Å². The van der Waals surface area contributed by atoms with Crippen molar-refractivity contribution in [1.82, 2.24) is 30.2 Å². The first kappa shape index (κ1) is 63.1. The van der Waals surface area contributed by atoms with Gasteiger partial charge in [0.1, 0.15) is 42.6 Å². The number of amides is 4. The number of hydrogen-bond acceptors (Lipinski definition) is 10. The summed E-state index contributed by atoms with van der Waals surface area (Å²) in [4.78, 5) is 89.1. The maximum atomic E-state index is 14.2. The van der Waals surface area contributed by atoms with Crippen LogP contribution in [0.1, 0.15) is 154 Å². The number of ketones is 2. The number of nitrogens with zero attached hydrogens (tertiary/aromatic N) is 4. The van der Waals surface area contributed by atoms with E-state index in [1.165, 1.54) is 6.92 Å². The number of benzene rings is 6. The average molecular weight is 1150 g/mol. The fourth-order valence-electron chi connectivity index (χ4n) is 12.3. The lowest BCUT2D eigenvalue weighted by Crippen LogP contribution is -2.50. The molecule has 2 N–H and O–H groups in total. The van der Waals surface area contributed by atoms with E-state index in [1.54, 1.807) is 15.9 Å². The van der Waals surface area contributed by atoms with E-state index in [2.05, 4.69) is 75.8 Å². The molecule has 14 heteroatoms. The zero-order valence-corrected chi connectivity index (χ0v) is 51.1. The van der Waals surface area contributed by atoms with Crippen LogP contribution in [-0.4, -0.2) is 118 Å². The monoisotopic (exact) mass is 1150 g/mol. The predicted molar refractivity (Wildman–Crippen MR) is 333 cm³/mol. The Hall–Kier alpha value is -7.94. The van der Waals surface area contributed by atoms with Crippen molar-refractivity contribution in [1.29, 1.82) is 0 Å². The van der Waals surface area contributed by atoms with Crippen molar-refractivity contribution >= 4 is 35.2 Å². The summed E-state index contributed by atoms with van der Waals surface area (Å²) in [7, 11) is 0. The van der Waals surface area contributed by atoms with E-state index in [0.717, 1.165) is 56.0 Å². The summed E-state index contributed by atoms with van der Waals surface area (Å²) in [6.45, 7) is 22.7. The van der Waals surface area contributed by atoms with E-state index >= 15 is 0 Å². The van der Waals surface area contributed by atoms with Crippen molar-refractivity contribution in [3.63, 3.8) is 0 Å². The summed E-state index contributed by atoms with van der Waals surface area (Å²) < 4.78 is 12.2. The highest BCUT2D eigenvalue weighted by Gasteiger charge is 2.43. The molecule has 2 heterocycles. The van der Waals surface area contributed by atoms with E-state index in [9.17, 15) is 28.8 Å². The van der Waals surface area contributed by atoms with E-state index in [4.69, 9.17) is 9.47 Å². The quantitative estimate of drug-likeness (QED) is 0.0633. The Morgan fingerprint density at radius 3 is 1.45 bits per heavy atom. The van der Waals surface area contributed by atoms with Crippen LogP contribution in [0.5, 0.6) is 11.5 Å². The van der Waals surface area contributed by atoms with Crippen molar-refractivity contribution in [2.45, 2.75) is 149 Å². The van der Waals surface area contributed by atoms with E-state index < -0.39 is 23.9 Å². The van der Waals surface area contributed by atoms with Crippen LogP contribution in [0, 0.1) is 0 Å². The molecule has 3 aliphatic rings. The average Bonchev–Trinajstić information content (AvgIpc) is 3.05. The number of carbonyl (C=O) groups excluding carboxylic acids is 6. The second-order valence-electron chi connectivity index (χ2n) is 23.7. The summed E-state index contributed by atoms with van der Waals surface area (Å²) in [5.41, 5.74) is 7.88. The van der Waals surface area contributed by atoms with Crippen LogP contribution in [0.25, 0.3) is 0 Å². The number of hydrogen-bond donors (Lipinski definition) is 2. The lowest BCUT2D eigenvalue weighted by atomic mass is 9.87. The van der Waals surface area contributed by atoms with Crippen molar-refractivity contribution in [3.8, 4) is 11.5 Å². The van der Waals surface area contributed by atoms with Gasteiger partial charge in [-0.05, 0) is 144 Å². The van der Waals surface area contributed by atoms with Crippen molar-refractivity contribution < 1.29 is 38.2 Å². The van der Waals surface area contributed by atoms with Crippen LogP contribution >= 0.6 is 0 Å². The molecule has 1 aliphatic carbocycles. The van der Waals surface area contributed by atoms with E-state index in [-0.39, 0.29) is 48.0 Å². The summed E-state index contributed by atoms with van der Waals surface area (Å²) in [5.74, 6) is -0.647. The largest absolute Gasteiger partial charge is 0.489 e. The Morgan fingerprint density at radius 2 is 0.976 bits per heavy atom. The molecule has 85 heavy (non-hydrogen) atoms. The molecule has 4 amide bonds. The van der Waals surface area contributed by atoms with Crippen LogP contribution in [0.2, 0.25) is 0 Å². The van der Waals surface area contributed by atoms with Gasteiger partial charge in [0.15, 0.2) is 5.78 Å². The fraction of sp³-hybridized carbons (Fsp3) is 0.408. The van der Waals surface area contributed by atoms with Gasteiger partial charge in [-0.25, -0.2) is 0 Å². The minimum absolute atomic E-state index is 0.0231. The molecule has 6 aromatic carbocycles. The maximum Gasteiger partial charge on any atom is 0.247 e. The minimum atomic E-state index is -0.802. The lowest BCUT2D eigenvalue weighted by Gasteiger charge is -2.38. The highest BCUT2D eigenvalue weighted by molar-refractivity contribution is 6.07. The number of fused-ring (bicyclic) bond motifs is 3. The second-order valence-corrected chi connectivity index (χ2v) is 23.7. The molecule has 0 spiro atoms. The summed E-state index contributed by atoms with van der Waals surface area (Å²) >= 11 is 0. The van der Waals surface area contributed by atoms with E-state index in [1.807, 2.05) is 146 Å². The third kappa shape index (κ3) is 16.1. The topological polar surface area (TPSA) is 158 Å². The molecule has 0 saturated carbocycles. The van der Waals surface area contributed by atoms with Gasteiger partial charge in [-0.3, -0.25) is 38.6 Å². The number of nitrogens with one attached hydrogen (secondary N) is 2. The first-order valence-electron chi connectivity index (χ1n) is 30.3. The minimum Gasteiger partial charge on any atom is -0.489 e. The molecule has 0 radical (unpaired) electrons. The smallest absolute Gasteiger partial charge is 0.247 e. The Kier molecular flexibility index (Phi) is 22.1. The SMILES string of the molecule is CC(=O)CC(C(=O)N1CCc2cc(OCc3ccccc3)ccc2C1C(=O)NCCN(C(C)C)C(C)C)c1ccccc1.CC(C)N(CCNC(=O)C1c2ccc(OCc3ccccc3)cc2CCN1C(=O)C1CC(=O)c2ccccc21)C(C)C. The lowest BCUT2D eigenvalue weighted by molar-refractivity contribution is -0.143. The van der Waals surface area contributed by atoms with Crippen molar-refractivity contribution in [2.24, 2.45) is 0 Å². The van der Waals surface area contributed by atoms with Crippen LogP contribution < -0.4 is 20.1 Å². The van der Waals surface area contributed by atoms with Gasteiger partial charge in [0.2, 0.25) is 23.6 Å². The zero-order chi connectivity index (χ0) is 60.7. The molecule has 14 nitrogen and oxygen atoms in total. The molecular weight excluding hydrogens is 1060 g/mol. The van der Waals surface area contributed by atoms with E-state index in [0.29, 0.717) is 95.1 Å². The highest BCUT2D eigenvalue weighted by Crippen LogP contribution is 2.40. The van der Waals surface area contributed by atoms with Gasteiger partial charge in [-0.1, -0.05) is 127 Å². The predicted octanol–water partition coefficient (Wildman–Crippen LogP) is 11.0. The van der Waals surface area contributed by atoms with Crippen LogP contribution in [0.4, 0.5) is 0 Å². The third-order valence-corrected chi connectivity index (χ3v) is 16.6. The summed E-state index contributed by atoms with van der Waals surface area (Å²) in [5, 5.41) is 6.25. The Balaban J connectivity index is 0.000000221. The standard InChI is InChI=1S/C36H45N3O4.C35H41N3O4/c1-25(2)38(26(3)4)21-19-37-35(41)34-32-17-16-31(43-24-28-12-8-6-9-13-28)23-30(32)18-20-39(34)36(42)33(22-27(5)40)29-14-10-7-11-15-29;1-23(2)37(24(3)4)19-17-36-34(40)33-28-15-14-27(42-22-25-10-6-5-7-11-25)20-26(28)16-18-38(33)35(41)31-21-32(39)30-13-9-8-12-29(30)31/h6-17,23,25-26,33-34H,18-22,24H2,1-5H3,(H,37,41);5-15,20,23-24,31,33H,16-19,21-22H2,1-4H3,(H,36,40). The molecule has 448 valence electrons. The highest BCUT2D eigenvalue weighted by atomic mass is 16.5. The Morgan fingerprint density at radius 1 is 0.541 bits per heavy atom. The summed E-state index contributed by atoms with van der Waals surface area (Å²) in [6.07, 6.45) is 1.41. The van der Waals surface area contributed by atoms with Crippen molar-refractivity contribution in [3.05, 3.63) is 202 Å². The van der Waals surface area contributed by atoms with Gasteiger partial charge in [0.05, 0.1) is 11.8 Å². The molecule has 0 aromatic heterocycles. The first-order valence-corrected chi connectivity index (χ1v) is 30.3. The summed E-state index contributed by atoms with van der Waals surface area (Å²) in [6, 6.07) is 48.1. The Bertz CT molecular complexity index is 3220. The molecule has 4 atom stereocenters. The maximum absolute atomic E-state index is 14.2. The third-order valence-electron chi connectivity index (χ3n) is 16.6. The molecule has 0 saturated heterocycles. The van der Waals surface area contributed by atoms with Gasteiger partial charge in [-0.15, -0.1) is 0 Å². The van der Waals surface area contributed by atoms with Crippen molar-refractivity contribution in [2.75, 3.05) is 39.3 Å². The zero-order valence-electron chi connectivity index (χ0n) is 51.1. The van der Waals surface area contributed by atoms with Gasteiger partial charge >= 0.3 is 0 Å². The second kappa shape index (κ2) is 29.7. The van der Waals surface area contributed by atoms with Crippen LogP contribution in [-0.2, 0) is 50.0 Å².